The van der Waals surface area contributed by atoms with E-state index in [1.165, 1.54) is 17.0 Å². The highest BCUT2D eigenvalue weighted by Gasteiger charge is 2.32. The van der Waals surface area contributed by atoms with Crippen LogP contribution in [0.3, 0.4) is 0 Å². The van der Waals surface area contributed by atoms with Crippen LogP contribution in [0.25, 0.3) is 0 Å². The molecule has 0 unspecified atom stereocenters. The number of furan rings is 1. The number of benzene rings is 2. The van der Waals surface area contributed by atoms with Crippen LogP contribution in [0, 0.1) is 6.92 Å². The van der Waals surface area contributed by atoms with Crippen LogP contribution >= 0.6 is 0 Å². The van der Waals surface area contributed by atoms with Gasteiger partial charge < -0.3 is 19.0 Å². The number of carbonyl (C=O) groups excluding carboxylic acids is 2. The second kappa shape index (κ2) is 12.9. The summed E-state index contributed by atoms with van der Waals surface area (Å²) < 4.78 is 51.1. The summed E-state index contributed by atoms with van der Waals surface area (Å²) in [4.78, 5) is 32.2. The zero-order valence-electron chi connectivity index (χ0n) is 21.8. The van der Waals surface area contributed by atoms with Crippen LogP contribution in [0.1, 0.15) is 33.0 Å². The van der Waals surface area contributed by atoms with Crippen LogP contribution < -0.4 is 0 Å². The summed E-state index contributed by atoms with van der Waals surface area (Å²) in [6.45, 7) is 5.14. The lowest BCUT2D eigenvalue weighted by atomic mass is 10.1. The highest BCUT2D eigenvalue weighted by Crippen LogP contribution is 2.29. The minimum Gasteiger partial charge on any atom is -0.464 e. The highest BCUT2D eigenvalue weighted by atomic mass is 19.4. The number of nitrogens with zero attached hydrogens (tertiary/aromatic N) is 3. The van der Waals surface area contributed by atoms with Crippen molar-refractivity contribution in [2.24, 2.45) is 0 Å². The van der Waals surface area contributed by atoms with E-state index in [-0.39, 0.29) is 37.6 Å². The Morgan fingerprint density at radius 1 is 0.923 bits per heavy atom. The van der Waals surface area contributed by atoms with Gasteiger partial charge in [-0.25, -0.2) is 0 Å². The van der Waals surface area contributed by atoms with E-state index in [1.54, 1.807) is 11.0 Å². The largest absolute Gasteiger partial charge is 0.464 e. The van der Waals surface area contributed by atoms with Crippen LogP contribution in [0.2, 0.25) is 0 Å². The molecule has 0 saturated carbocycles. The molecule has 0 aliphatic carbocycles. The number of morpholine rings is 1. The normalized spacial score (nSPS) is 14.3. The number of ether oxygens (including phenoxy) is 1. The number of hydrogen-bond acceptors (Lipinski definition) is 5. The van der Waals surface area contributed by atoms with E-state index < -0.39 is 17.6 Å². The summed E-state index contributed by atoms with van der Waals surface area (Å²) in [5.74, 6) is 0.344. The second-order valence-corrected chi connectivity index (χ2v) is 9.51. The van der Waals surface area contributed by atoms with Crippen molar-refractivity contribution in [1.29, 1.82) is 0 Å². The molecule has 1 aliphatic rings. The summed E-state index contributed by atoms with van der Waals surface area (Å²) in [6.07, 6.45) is -4.58. The van der Waals surface area contributed by atoms with Crippen molar-refractivity contribution in [2.45, 2.75) is 26.2 Å². The summed E-state index contributed by atoms with van der Waals surface area (Å²) in [6, 6.07) is 17.4. The first-order chi connectivity index (χ1) is 18.7. The first-order valence-corrected chi connectivity index (χ1v) is 12.8. The fourth-order valence-corrected chi connectivity index (χ4v) is 4.41. The zero-order valence-corrected chi connectivity index (χ0v) is 21.8. The van der Waals surface area contributed by atoms with E-state index in [1.807, 2.05) is 43.3 Å². The van der Waals surface area contributed by atoms with Crippen LogP contribution in [-0.4, -0.2) is 72.5 Å². The Balaban J connectivity index is 1.56. The maximum absolute atomic E-state index is 13.7. The lowest BCUT2D eigenvalue weighted by Crippen LogP contribution is -2.47. The summed E-state index contributed by atoms with van der Waals surface area (Å²) in [5, 5.41) is 0. The third kappa shape index (κ3) is 8.18. The van der Waals surface area contributed by atoms with Gasteiger partial charge in [0, 0.05) is 38.3 Å². The standard InChI is InChI=1S/C29H32F3N3O4/c1-22-10-11-26(39-22)20-35(19-23-6-3-2-4-7-23)27(36)21-34(13-12-33-14-16-38-17-15-33)28(37)24-8-5-9-25(18-24)29(30,31)32/h2-11,18H,12-17,19-21H2,1H3. The average Bonchev–Trinajstić information content (AvgIpc) is 3.35. The number of hydrogen-bond donors (Lipinski definition) is 0. The molecular formula is C29H32F3N3O4. The van der Waals surface area contributed by atoms with Crippen molar-refractivity contribution in [3.8, 4) is 0 Å². The molecule has 1 aliphatic heterocycles. The van der Waals surface area contributed by atoms with Crippen molar-refractivity contribution >= 4 is 11.8 Å². The van der Waals surface area contributed by atoms with Gasteiger partial charge in [-0.1, -0.05) is 36.4 Å². The Hall–Kier alpha value is -3.63. The number of aryl methyl sites for hydroxylation is 1. The zero-order chi connectivity index (χ0) is 27.8. The summed E-state index contributed by atoms with van der Waals surface area (Å²) in [7, 11) is 0. The molecule has 0 atom stereocenters. The molecule has 39 heavy (non-hydrogen) atoms. The SMILES string of the molecule is Cc1ccc(CN(Cc2ccccc2)C(=O)CN(CCN2CCOCC2)C(=O)c2cccc(C(F)(F)F)c2)o1. The van der Waals surface area contributed by atoms with Crippen molar-refractivity contribution in [3.05, 3.63) is 94.9 Å². The smallest absolute Gasteiger partial charge is 0.416 e. The van der Waals surface area contributed by atoms with E-state index in [2.05, 4.69) is 4.90 Å². The van der Waals surface area contributed by atoms with Gasteiger partial charge in [-0.05, 0) is 42.8 Å². The molecule has 1 aromatic heterocycles. The Kier molecular flexibility index (Phi) is 9.42. The molecule has 2 aromatic carbocycles. The quantitative estimate of drug-likeness (QED) is 0.374. The van der Waals surface area contributed by atoms with Crippen molar-refractivity contribution < 1.29 is 31.9 Å². The lowest BCUT2D eigenvalue weighted by molar-refractivity contribution is -0.137. The molecular weight excluding hydrogens is 511 g/mol. The van der Waals surface area contributed by atoms with Gasteiger partial charge in [0.25, 0.3) is 5.91 Å². The number of alkyl halides is 3. The second-order valence-electron chi connectivity index (χ2n) is 9.51. The Morgan fingerprint density at radius 3 is 2.33 bits per heavy atom. The Bertz CT molecular complexity index is 1240. The van der Waals surface area contributed by atoms with Crippen molar-refractivity contribution in [3.63, 3.8) is 0 Å². The fourth-order valence-electron chi connectivity index (χ4n) is 4.41. The van der Waals surface area contributed by atoms with Gasteiger partial charge in [-0.3, -0.25) is 14.5 Å². The summed E-state index contributed by atoms with van der Waals surface area (Å²) in [5.41, 5.74) is -0.124. The Labute approximate surface area is 225 Å². The van der Waals surface area contributed by atoms with E-state index in [0.717, 1.165) is 17.7 Å². The van der Waals surface area contributed by atoms with Crippen molar-refractivity contribution in [1.82, 2.24) is 14.7 Å². The van der Waals surface area contributed by atoms with Crippen LogP contribution in [0.5, 0.6) is 0 Å². The van der Waals surface area contributed by atoms with Gasteiger partial charge in [0.05, 0.1) is 25.3 Å². The van der Waals surface area contributed by atoms with E-state index in [9.17, 15) is 22.8 Å². The van der Waals surface area contributed by atoms with Gasteiger partial charge >= 0.3 is 6.18 Å². The number of halogens is 3. The molecule has 4 rings (SSSR count). The van der Waals surface area contributed by atoms with Crippen LogP contribution in [-0.2, 0) is 28.8 Å². The molecule has 0 N–H and O–H groups in total. The molecule has 0 bridgehead atoms. The van der Waals surface area contributed by atoms with E-state index >= 15 is 0 Å². The molecule has 1 fully saturated rings. The monoisotopic (exact) mass is 543 g/mol. The third-order valence-corrected chi connectivity index (χ3v) is 6.55. The first-order valence-electron chi connectivity index (χ1n) is 12.8. The maximum atomic E-state index is 13.7. The molecule has 0 radical (unpaired) electrons. The highest BCUT2D eigenvalue weighted by molar-refractivity contribution is 5.96. The Morgan fingerprint density at radius 2 is 1.67 bits per heavy atom. The molecule has 1 saturated heterocycles. The topological polar surface area (TPSA) is 66.2 Å². The number of amides is 2. The lowest BCUT2D eigenvalue weighted by Gasteiger charge is -2.31. The molecule has 208 valence electrons. The van der Waals surface area contributed by atoms with Gasteiger partial charge in [-0.15, -0.1) is 0 Å². The van der Waals surface area contributed by atoms with Crippen molar-refractivity contribution in [2.75, 3.05) is 45.9 Å². The minimum atomic E-state index is -4.58. The van der Waals surface area contributed by atoms with Gasteiger partial charge in [0.2, 0.25) is 5.91 Å². The van der Waals surface area contributed by atoms with Gasteiger partial charge in [0.15, 0.2) is 0 Å². The molecule has 0 spiro atoms. The molecule has 7 nitrogen and oxygen atoms in total. The number of carbonyl (C=O) groups is 2. The maximum Gasteiger partial charge on any atom is 0.416 e. The van der Waals surface area contributed by atoms with Crippen LogP contribution in [0.15, 0.2) is 71.1 Å². The first kappa shape index (κ1) is 28.4. The fraction of sp³-hybridized carbons (Fsp3) is 0.379. The predicted molar refractivity (Wildman–Crippen MR) is 139 cm³/mol. The molecule has 3 aromatic rings. The predicted octanol–water partition coefficient (Wildman–Crippen LogP) is 4.61. The number of rotatable bonds is 10. The third-order valence-electron chi connectivity index (χ3n) is 6.55. The van der Waals surface area contributed by atoms with E-state index in [4.69, 9.17) is 9.15 Å². The van der Waals surface area contributed by atoms with Gasteiger partial charge in [0.1, 0.15) is 18.1 Å². The molecule has 10 heteroatoms. The summed E-state index contributed by atoms with van der Waals surface area (Å²) >= 11 is 0. The molecule has 2 heterocycles. The average molecular weight is 544 g/mol. The molecule has 2 amide bonds. The van der Waals surface area contributed by atoms with Crippen LogP contribution in [0.4, 0.5) is 13.2 Å². The minimum absolute atomic E-state index is 0.115. The van der Waals surface area contributed by atoms with E-state index in [0.29, 0.717) is 44.4 Å². The van der Waals surface area contributed by atoms with Gasteiger partial charge in [-0.2, -0.15) is 13.2 Å².